The van der Waals surface area contributed by atoms with Crippen molar-refractivity contribution in [3.63, 3.8) is 0 Å². The van der Waals surface area contributed by atoms with E-state index in [4.69, 9.17) is 5.84 Å². The first kappa shape index (κ1) is 13.7. The summed E-state index contributed by atoms with van der Waals surface area (Å²) in [4.78, 5) is 0. The summed E-state index contributed by atoms with van der Waals surface area (Å²) in [6.45, 7) is 0. The van der Waals surface area contributed by atoms with Crippen LogP contribution in [0.5, 0.6) is 0 Å². The molecular weight excluding hydrogens is 261 g/mol. The Hall–Kier alpha value is -0.720. The Morgan fingerprint density at radius 3 is 2.39 bits per heavy atom. The zero-order valence-corrected chi connectivity index (χ0v) is 10.5. The lowest BCUT2D eigenvalue weighted by Crippen LogP contribution is -2.33. The molecule has 1 aliphatic heterocycles. The van der Waals surface area contributed by atoms with Crippen molar-refractivity contribution in [2.45, 2.75) is 18.6 Å². The van der Waals surface area contributed by atoms with Gasteiger partial charge in [0.25, 0.3) is 0 Å². The van der Waals surface area contributed by atoms with Crippen LogP contribution in [0.4, 0.5) is 13.2 Å². The molecule has 1 saturated heterocycles. The summed E-state index contributed by atoms with van der Waals surface area (Å²) in [6.07, 6.45) is -3.24. The highest BCUT2D eigenvalue weighted by molar-refractivity contribution is 7.99. The molecule has 0 aromatic heterocycles. The van der Waals surface area contributed by atoms with E-state index in [0.717, 1.165) is 35.6 Å². The van der Waals surface area contributed by atoms with Crippen molar-refractivity contribution in [2.24, 2.45) is 11.8 Å². The summed E-state index contributed by atoms with van der Waals surface area (Å²) >= 11 is 1.85. The van der Waals surface area contributed by atoms with Crippen LogP contribution in [0.25, 0.3) is 0 Å². The Morgan fingerprint density at radius 1 is 1.28 bits per heavy atom. The van der Waals surface area contributed by atoms with Crippen LogP contribution in [0.2, 0.25) is 0 Å². The fourth-order valence-electron chi connectivity index (χ4n) is 2.20. The molecular formula is C12H15F3N2S. The molecule has 0 bridgehead atoms. The maximum absolute atomic E-state index is 12.5. The average molecular weight is 276 g/mol. The molecule has 0 saturated carbocycles. The van der Waals surface area contributed by atoms with Gasteiger partial charge in [0.05, 0.1) is 5.56 Å². The molecule has 6 heteroatoms. The Bertz CT molecular complexity index is 385. The van der Waals surface area contributed by atoms with E-state index in [0.29, 0.717) is 5.92 Å². The Kier molecular flexibility index (Phi) is 4.19. The minimum absolute atomic E-state index is 0.0673. The summed E-state index contributed by atoms with van der Waals surface area (Å²) < 4.78 is 37.4. The van der Waals surface area contributed by atoms with Crippen molar-refractivity contribution >= 4 is 11.8 Å². The lowest BCUT2D eigenvalue weighted by atomic mass is 9.92. The standard InChI is InChI=1S/C12H15F3N2S/c13-12(14,15)10-3-1-8(2-4-10)11(17-16)9-5-6-18-7-9/h1-4,9,11,17H,5-7,16H2. The summed E-state index contributed by atoms with van der Waals surface area (Å²) in [7, 11) is 0. The SMILES string of the molecule is NNC(c1ccc(C(F)(F)F)cc1)C1CCSC1. The number of halogens is 3. The largest absolute Gasteiger partial charge is 0.416 e. The van der Waals surface area contributed by atoms with Crippen molar-refractivity contribution in [1.29, 1.82) is 0 Å². The third-order valence-electron chi connectivity index (χ3n) is 3.21. The van der Waals surface area contributed by atoms with Crippen LogP contribution < -0.4 is 11.3 Å². The maximum Gasteiger partial charge on any atom is 0.416 e. The molecule has 1 aliphatic rings. The van der Waals surface area contributed by atoms with Crippen molar-refractivity contribution in [1.82, 2.24) is 5.43 Å². The summed E-state index contributed by atoms with van der Waals surface area (Å²) in [5.41, 5.74) is 2.92. The first-order valence-electron chi connectivity index (χ1n) is 5.73. The fourth-order valence-corrected chi connectivity index (χ4v) is 3.50. The lowest BCUT2D eigenvalue weighted by molar-refractivity contribution is -0.137. The number of benzene rings is 1. The number of thioether (sulfide) groups is 1. The zero-order chi connectivity index (χ0) is 13.2. The molecule has 0 radical (unpaired) electrons. The van der Waals surface area contributed by atoms with Gasteiger partial charge in [0, 0.05) is 6.04 Å². The summed E-state index contributed by atoms with van der Waals surface area (Å²) in [6, 6.07) is 5.18. The van der Waals surface area contributed by atoms with Gasteiger partial charge in [-0.3, -0.25) is 11.3 Å². The average Bonchev–Trinajstić information content (AvgIpc) is 2.83. The quantitative estimate of drug-likeness (QED) is 0.658. The van der Waals surface area contributed by atoms with Gasteiger partial charge in [0.1, 0.15) is 0 Å². The molecule has 0 aliphatic carbocycles. The zero-order valence-electron chi connectivity index (χ0n) is 9.70. The Labute approximate surface area is 108 Å². The molecule has 2 rings (SSSR count). The Morgan fingerprint density at radius 2 is 1.94 bits per heavy atom. The molecule has 1 fully saturated rings. The minimum Gasteiger partial charge on any atom is -0.271 e. The van der Waals surface area contributed by atoms with E-state index in [-0.39, 0.29) is 6.04 Å². The van der Waals surface area contributed by atoms with Gasteiger partial charge in [-0.2, -0.15) is 24.9 Å². The van der Waals surface area contributed by atoms with Gasteiger partial charge in [0.2, 0.25) is 0 Å². The van der Waals surface area contributed by atoms with Gasteiger partial charge in [-0.15, -0.1) is 0 Å². The second-order valence-corrected chi connectivity index (χ2v) is 5.54. The summed E-state index contributed by atoms with van der Waals surface area (Å²) in [5.74, 6) is 8.00. The topological polar surface area (TPSA) is 38.0 Å². The molecule has 1 heterocycles. The Balaban J connectivity index is 2.16. The third kappa shape index (κ3) is 2.99. The van der Waals surface area contributed by atoms with E-state index in [1.807, 2.05) is 11.8 Å². The number of rotatable bonds is 3. The maximum atomic E-state index is 12.5. The van der Waals surface area contributed by atoms with Crippen molar-refractivity contribution in [3.8, 4) is 0 Å². The number of hydrazine groups is 1. The van der Waals surface area contributed by atoms with Crippen LogP contribution in [0.1, 0.15) is 23.6 Å². The van der Waals surface area contributed by atoms with Gasteiger partial charge in [-0.1, -0.05) is 12.1 Å². The smallest absolute Gasteiger partial charge is 0.271 e. The van der Waals surface area contributed by atoms with E-state index >= 15 is 0 Å². The van der Waals surface area contributed by atoms with Gasteiger partial charge in [-0.05, 0) is 41.5 Å². The molecule has 18 heavy (non-hydrogen) atoms. The second kappa shape index (κ2) is 5.50. The van der Waals surface area contributed by atoms with Crippen LogP contribution >= 0.6 is 11.8 Å². The van der Waals surface area contributed by atoms with E-state index in [1.165, 1.54) is 12.1 Å². The second-order valence-electron chi connectivity index (χ2n) is 4.39. The number of alkyl halides is 3. The van der Waals surface area contributed by atoms with E-state index < -0.39 is 11.7 Å². The van der Waals surface area contributed by atoms with E-state index in [2.05, 4.69) is 5.43 Å². The van der Waals surface area contributed by atoms with Crippen LogP contribution in [0.3, 0.4) is 0 Å². The van der Waals surface area contributed by atoms with E-state index in [1.54, 1.807) is 0 Å². The summed E-state index contributed by atoms with van der Waals surface area (Å²) in [5, 5.41) is 0. The van der Waals surface area contributed by atoms with Crippen LogP contribution in [0, 0.1) is 5.92 Å². The molecule has 100 valence electrons. The lowest BCUT2D eigenvalue weighted by Gasteiger charge is -2.22. The monoisotopic (exact) mass is 276 g/mol. The van der Waals surface area contributed by atoms with Crippen molar-refractivity contribution in [3.05, 3.63) is 35.4 Å². The highest BCUT2D eigenvalue weighted by Crippen LogP contribution is 2.35. The number of nitrogens with two attached hydrogens (primary N) is 1. The van der Waals surface area contributed by atoms with Gasteiger partial charge in [-0.25, -0.2) is 0 Å². The van der Waals surface area contributed by atoms with Gasteiger partial charge in [0.15, 0.2) is 0 Å². The molecule has 0 amide bonds. The number of nitrogens with one attached hydrogen (secondary N) is 1. The third-order valence-corrected chi connectivity index (χ3v) is 4.40. The first-order valence-corrected chi connectivity index (χ1v) is 6.89. The predicted molar refractivity (Wildman–Crippen MR) is 66.9 cm³/mol. The number of hydrogen-bond acceptors (Lipinski definition) is 3. The fraction of sp³-hybridized carbons (Fsp3) is 0.500. The first-order chi connectivity index (χ1) is 8.52. The molecule has 3 N–H and O–H groups in total. The highest BCUT2D eigenvalue weighted by Gasteiger charge is 2.31. The van der Waals surface area contributed by atoms with Crippen LogP contribution in [-0.4, -0.2) is 11.5 Å². The highest BCUT2D eigenvalue weighted by atomic mass is 32.2. The van der Waals surface area contributed by atoms with Gasteiger partial charge >= 0.3 is 6.18 Å². The molecule has 2 atom stereocenters. The van der Waals surface area contributed by atoms with Crippen LogP contribution in [0.15, 0.2) is 24.3 Å². The predicted octanol–water partition coefficient (Wildman–Crippen LogP) is 2.96. The molecule has 1 aromatic rings. The molecule has 2 nitrogen and oxygen atoms in total. The number of hydrogen-bond donors (Lipinski definition) is 2. The van der Waals surface area contributed by atoms with E-state index in [9.17, 15) is 13.2 Å². The van der Waals surface area contributed by atoms with Crippen LogP contribution in [-0.2, 0) is 6.18 Å². The normalized spacial score (nSPS) is 22.1. The molecule has 0 spiro atoms. The van der Waals surface area contributed by atoms with Crippen molar-refractivity contribution < 1.29 is 13.2 Å². The minimum atomic E-state index is -4.28. The molecule has 2 unspecified atom stereocenters. The molecule has 1 aromatic carbocycles. The van der Waals surface area contributed by atoms with Gasteiger partial charge < -0.3 is 0 Å². The van der Waals surface area contributed by atoms with Crippen molar-refractivity contribution in [2.75, 3.05) is 11.5 Å².